The third-order valence-electron chi connectivity index (χ3n) is 7.61. The van der Waals surface area contributed by atoms with E-state index in [0.29, 0.717) is 25.7 Å². The second kappa shape index (κ2) is 11.1. The first kappa shape index (κ1) is 26.1. The lowest BCUT2D eigenvalue weighted by atomic mass is 9.84. The van der Waals surface area contributed by atoms with Gasteiger partial charge < -0.3 is 10.2 Å². The quantitative estimate of drug-likeness (QED) is 0.496. The van der Waals surface area contributed by atoms with Gasteiger partial charge in [0, 0.05) is 12.0 Å². The summed E-state index contributed by atoms with van der Waals surface area (Å²) in [6, 6.07) is 25.8. The third-order valence-corrected chi connectivity index (χ3v) is 9.14. The van der Waals surface area contributed by atoms with Gasteiger partial charge in [-0.2, -0.15) is 0 Å². The van der Waals surface area contributed by atoms with Gasteiger partial charge in [0.05, 0.1) is 17.0 Å². The lowest BCUT2D eigenvalue weighted by Gasteiger charge is -2.42. The molecule has 0 radical (unpaired) electrons. The molecule has 2 amide bonds. The van der Waals surface area contributed by atoms with Crippen molar-refractivity contribution in [2.24, 2.45) is 5.92 Å². The minimum Gasteiger partial charge on any atom is -0.350 e. The van der Waals surface area contributed by atoms with Crippen molar-refractivity contribution >= 4 is 21.8 Å². The van der Waals surface area contributed by atoms with E-state index in [1.165, 1.54) is 0 Å². The Morgan fingerprint density at radius 3 is 2.05 bits per heavy atom. The highest BCUT2D eigenvalue weighted by atomic mass is 32.2. The summed E-state index contributed by atoms with van der Waals surface area (Å²) < 4.78 is 28.9. The van der Waals surface area contributed by atoms with Crippen LogP contribution in [0.4, 0.5) is 0 Å². The van der Waals surface area contributed by atoms with Crippen LogP contribution in [0.5, 0.6) is 0 Å². The molecular weight excluding hydrogens is 498 g/mol. The van der Waals surface area contributed by atoms with Gasteiger partial charge in [0.25, 0.3) is 0 Å². The second-order valence-electron chi connectivity index (χ2n) is 10.2. The van der Waals surface area contributed by atoms with Gasteiger partial charge in [-0.3, -0.25) is 9.59 Å². The maximum absolute atomic E-state index is 13.6. The molecule has 198 valence electrons. The molecule has 3 aromatic rings. The Bertz CT molecular complexity index is 1370. The molecule has 0 spiro atoms. The van der Waals surface area contributed by atoms with E-state index in [1.54, 1.807) is 17.0 Å². The number of amides is 2. The second-order valence-corrected chi connectivity index (χ2v) is 12.0. The summed E-state index contributed by atoms with van der Waals surface area (Å²) in [6.07, 6.45) is 2.30. The van der Waals surface area contributed by atoms with Crippen molar-refractivity contribution in [3.63, 3.8) is 0 Å². The van der Waals surface area contributed by atoms with Crippen LogP contribution in [0, 0.1) is 5.92 Å². The molecule has 8 heteroatoms. The first-order valence-corrected chi connectivity index (χ1v) is 14.6. The largest absolute Gasteiger partial charge is 0.350 e. The lowest BCUT2D eigenvalue weighted by Crippen LogP contribution is -2.57. The van der Waals surface area contributed by atoms with Crippen LogP contribution in [0.25, 0.3) is 11.1 Å². The maximum Gasteiger partial charge on any atom is 0.240 e. The average molecular weight is 532 g/mol. The highest BCUT2D eigenvalue weighted by Gasteiger charge is 2.40. The van der Waals surface area contributed by atoms with Gasteiger partial charge in [0.2, 0.25) is 21.8 Å². The number of nitrogens with zero attached hydrogens (tertiary/aromatic N) is 1. The molecule has 1 aliphatic heterocycles. The zero-order valence-electron chi connectivity index (χ0n) is 21.4. The van der Waals surface area contributed by atoms with E-state index in [1.807, 2.05) is 79.7 Å². The summed E-state index contributed by atoms with van der Waals surface area (Å²) in [4.78, 5) is 27.9. The molecule has 0 bridgehead atoms. The molecule has 5 rings (SSSR count). The molecule has 2 fully saturated rings. The molecule has 1 aliphatic carbocycles. The number of sulfonamides is 1. The number of hydrogen-bond acceptors (Lipinski definition) is 4. The predicted octanol–water partition coefficient (Wildman–Crippen LogP) is 4.28. The van der Waals surface area contributed by atoms with E-state index in [-0.39, 0.29) is 47.3 Å². The van der Waals surface area contributed by atoms with E-state index in [9.17, 15) is 18.0 Å². The SMILES string of the molecule is CC1NC(=O)CN(C(=O)C2CCC(NS(=O)(=O)c3ccc(-c4ccccc4)cc3)CC2)C1c1ccccc1. The Morgan fingerprint density at radius 1 is 0.842 bits per heavy atom. The topological polar surface area (TPSA) is 95.6 Å². The monoisotopic (exact) mass is 531 g/mol. The predicted molar refractivity (Wildman–Crippen MR) is 146 cm³/mol. The fraction of sp³-hybridized carbons (Fsp3) is 0.333. The number of carbonyl (C=O) groups excluding carboxylic acids is 2. The van der Waals surface area contributed by atoms with Crippen molar-refractivity contribution in [1.29, 1.82) is 0 Å². The Kier molecular flexibility index (Phi) is 7.63. The molecule has 1 saturated heterocycles. The van der Waals surface area contributed by atoms with Crippen LogP contribution >= 0.6 is 0 Å². The van der Waals surface area contributed by atoms with Crippen molar-refractivity contribution in [1.82, 2.24) is 14.9 Å². The summed E-state index contributed by atoms with van der Waals surface area (Å²) in [5, 5.41) is 2.97. The van der Waals surface area contributed by atoms with E-state index < -0.39 is 10.0 Å². The molecule has 3 aromatic carbocycles. The highest BCUT2D eigenvalue weighted by Crippen LogP contribution is 2.33. The summed E-state index contributed by atoms with van der Waals surface area (Å²) in [5.74, 6) is -0.415. The molecule has 38 heavy (non-hydrogen) atoms. The Labute approximate surface area is 224 Å². The van der Waals surface area contributed by atoms with Gasteiger partial charge in [0.15, 0.2) is 0 Å². The van der Waals surface area contributed by atoms with Gasteiger partial charge in [0.1, 0.15) is 6.54 Å². The van der Waals surface area contributed by atoms with Crippen LogP contribution in [-0.2, 0) is 19.6 Å². The van der Waals surface area contributed by atoms with Crippen molar-refractivity contribution in [3.05, 3.63) is 90.5 Å². The number of hydrogen-bond donors (Lipinski definition) is 2. The maximum atomic E-state index is 13.6. The van der Waals surface area contributed by atoms with Crippen LogP contribution in [0.1, 0.15) is 44.2 Å². The fourth-order valence-corrected chi connectivity index (χ4v) is 6.98. The summed E-state index contributed by atoms with van der Waals surface area (Å²) in [7, 11) is -3.67. The molecule has 1 heterocycles. The molecule has 2 N–H and O–H groups in total. The number of nitrogens with one attached hydrogen (secondary N) is 2. The normalized spacial score (nSPS) is 24.0. The third kappa shape index (κ3) is 5.66. The van der Waals surface area contributed by atoms with E-state index in [0.717, 1.165) is 16.7 Å². The van der Waals surface area contributed by atoms with Crippen molar-refractivity contribution < 1.29 is 18.0 Å². The first-order chi connectivity index (χ1) is 18.3. The van der Waals surface area contributed by atoms with Crippen molar-refractivity contribution in [3.8, 4) is 11.1 Å². The lowest BCUT2D eigenvalue weighted by molar-refractivity contribution is -0.147. The Balaban J connectivity index is 1.22. The Morgan fingerprint density at radius 2 is 1.42 bits per heavy atom. The molecule has 1 saturated carbocycles. The summed E-state index contributed by atoms with van der Waals surface area (Å²) >= 11 is 0. The zero-order chi connectivity index (χ0) is 26.7. The van der Waals surface area contributed by atoms with Crippen LogP contribution in [0.3, 0.4) is 0 Å². The fourth-order valence-electron chi connectivity index (χ4n) is 5.67. The van der Waals surface area contributed by atoms with Gasteiger partial charge in [-0.05, 0) is 61.4 Å². The van der Waals surface area contributed by atoms with Gasteiger partial charge in [-0.25, -0.2) is 13.1 Å². The summed E-state index contributed by atoms with van der Waals surface area (Å²) in [6.45, 7) is 1.96. The van der Waals surface area contributed by atoms with E-state index >= 15 is 0 Å². The van der Waals surface area contributed by atoms with Crippen LogP contribution in [0.2, 0.25) is 0 Å². The van der Waals surface area contributed by atoms with Crippen LogP contribution in [0.15, 0.2) is 89.8 Å². The Hall–Kier alpha value is -3.49. The number of rotatable bonds is 6. The molecule has 2 atom stereocenters. The minimum atomic E-state index is -3.67. The number of carbonyl (C=O) groups is 2. The summed E-state index contributed by atoms with van der Waals surface area (Å²) in [5.41, 5.74) is 2.98. The van der Waals surface area contributed by atoms with Crippen LogP contribution in [-0.4, -0.2) is 43.8 Å². The first-order valence-electron chi connectivity index (χ1n) is 13.1. The van der Waals surface area contributed by atoms with E-state index in [2.05, 4.69) is 10.0 Å². The van der Waals surface area contributed by atoms with Gasteiger partial charge >= 0.3 is 0 Å². The smallest absolute Gasteiger partial charge is 0.240 e. The minimum absolute atomic E-state index is 0.0293. The standard InChI is InChI=1S/C30H33N3O4S/c1-21-29(24-10-6-3-7-11-24)33(20-28(34)31-21)30(35)25-12-16-26(17-13-25)32-38(36,37)27-18-14-23(15-19-27)22-8-4-2-5-9-22/h2-11,14-15,18-19,21,25-26,29,32H,12-13,16-17,20H2,1H3,(H,31,34). The van der Waals surface area contributed by atoms with Crippen molar-refractivity contribution in [2.45, 2.75) is 55.6 Å². The number of benzene rings is 3. The zero-order valence-corrected chi connectivity index (χ0v) is 22.2. The highest BCUT2D eigenvalue weighted by molar-refractivity contribution is 7.89. The van der Waals surface area contributed by atoms with E-state index in [4.69, 9.17) is 0 Å². The molecule has 2 aliphatic rings. The molecule has 0 aromatic heterocycles. The van der Waals surface area contributed by atoms with Gasteiger partial charge in [-0.15, -0.1) is 0 Å². The van der Waals surface area contributed by atoms with Crippen LogP contribution < -0.4 is 10.0 Å². The van der Waals surface area contributed by atoms with Gasteiger partial charge in [-0.1, -0.05) is 72.8 Å². The molecular formula is C30H33N3O4S. The van der Waals surface area contributed by atoms with Crippen molar-refractivity contribution in [2.75, 3.05) is 6.54 Å². The molecule has 2 unspecified atom stereocenters. The molecule has 7 nitrogen and oxygen atoms in total. The number of piperazine rings is 1. The average Bonchev–Trinajstić information content (AvgIpc) is 2.93.